The van der Waals surface area contributed by atoms with Crippen molar-refractivity contribution in [2.45, 2.75) is 40.5 Å². The predicted molar refractivity (Wildman–Crippen MR) is 103 cm³/mol. The average Bonchev–Trinajstić information content (AvgIpc) is 2.61. The fourth-order valence-electron chi connectivity index (χ4n) is 3.31. The molecule has 0 aliphatic carbocycles. The lowest BCUT2D eigenvalue weighted by molar-refractivity contribution is -0.130. The summed E-state index contributed by atoms with van der Waals surface area (Å²) >= 11 is 0. The standard InChI is InChI=1S/C20H31N3O2/c1-5-21(6-2)20(25)15-23(17(4)24)19-9-7-18(8-10-19)22-13-11-16(3)12-14-22/h7-10,16H,5-6,11-15H2,1-4H3. The summed E-state index contributed by atoms with van der Waals surface area (Å²) in [6.07, 6.45) is 2.44. The summed E-state index contributed by atoms with van der Waals surface area (Å²) in [6, 6.07) is 8.01. The van der Waals surface area contributed by atoms with E-state index in [0.29, 0.717) is 13.1 Å². The van der Waals surface area contributed by atoms with Crippen molar-refractivity contribution in [3.05, 3.63) is 24.3 Å². The maximum atomic E-state index is 12.4. The SMILES string of the molecule is CCN(CC)C(=O)CN(C(C)=O)c1ccc(N2CCC(C)CC2)cc1. The molecule has 1 aromatic rings. The topological polar surface area (TPSA) is 43.9 Å². The maximum Gasteiger partial charge on any atom is 0.242 e. The smallest absolute Gasteiger partial charge is 0.242 e. The van der Waals surface area contributed by atoms with Crippen LogP contribution in [-0.2, 0) is 9.59 Å². The van der Waals surface area contributed by atoms with Crippen molar-refractivity contribution >= 4 is 23.2 Å². The number of piperidine rings is 1. The molecule has 0 unspecified atom stereocenters. The van der Waals surface area contributed by atoms with Crippen molar-refractivity contribution in [1.29, 1.82) is 0 Å². The van der Waals surface area contributed by atoms with Gasteiger partial charge in [-0.05, 0) is 56.9 Å². The van der Waals surface area contributed by atoms with Crippen LogP contribution in [0.3, 0.4) is 0 Å². The first-order valence-electron chi connectivity index (χ1n) is 9.37. The molecule has 1 aliphatic heterocycles. The van der Waals surface area contributed by atoms with E-state index in [1.807, 2.05) is 26.0 Å². The first kappa shape index (κ1) is 19.3. The molecule has 1 fully saturated rings. The van der Waals surface area contributed by atoms with Crippen molar-refractivity contribution in [3.63, 3.8) is 0 Å². The molecule has 1 aromatic carbocycles. The van der Waals surface area contributed by atoms with Crippen molar-refractivity contribution in [2.24, 2.45) is 5.92 Å². The first-order valence-corrected chi connectivity index (χ1v) is 9.37. The largest absolute Gasteiger partial charge is 0.372 e. The van der Waals surface area contributed by atoms with E-state index in [9.17, 15) is 9.59 Å². The number of anilines is 2. The summed E-state index contributed by atoms with van der Waals surface area (Å²) in [4.78, 5) is 30.1. The summed E-state index contributed by atoms with van der Waals surface area (Å²) in [5.41, 5.74) is 1.97. The van der Waals surface area contributed by atoms with E-state index in [1.54, 1.807) is 9.80 Å². The van der Waals surface area contributed by atoms with Crippen LogP contribution in [-0.4, -0.2) is 49.4 Å². The van der Waals surface area contributed by atoms with Crippen LogP contribution in [0.25, 0.3) is 0 Å². The van der Waals surface area contributed by atoms with Gasteiger partial charge in [0.15, 0.2) is 0 Å². The zero-order chi connectivity index (χ0) is 18.4. The highest BCUT2D eigenvalue weighted by Gasteiger charge is 2.20. The fraction of sp³-hybridized carbons (Fsp3) is 0.600. The van der Waals surface area contributed by atoms with Gasteiger partial charge >= 0.3 is 0 Å². The van der Waals surface area contributed by atoms with E-state index in [0.717, 1.165) is 24.7 Å². The molecule has 1 heterocycles. The van der Waals surface area contributed by atoms with Crippen LogP contribution in [0.5, 0.6) is 0 Å². The molecule has 2 amide bonds. The van der Waals surface area contributed by atoms with Gasteiger partial charge in [0.05, 0.1) is 0 Å². The third-order valence-corrected chi connectivity index (χ3v) is 5.10. The molecule has 0 spiro atoms. The fourth-order valence-corrected chi connectivity index (χ4v) is 3.31. The van der Waals surface area contributed by atoms with E-state index in [2.05, 4.69) is 24.0 Å². The van der Waals surface area contributed by atoms with Gasteiger partial charge in [-0.25, -0.2) is 0 Å². The summed E-state index contributed by atoms with van der Waals surface area (Å²) in [5.74, 6) is 0.671. The highest BCUT2D eigenvalue weighted by molar-refractivity contribution is 5.97. The van der Waals surface area contributed by atoms with Crippen molar-refractivity contribution in [3.8, 4) is 0 Å². The summed E-state index contributed by atoms with van der Waals surface area (Å²) in [6.45, 7) is 11.3. The Labute approximate surface area is 151 Å². The molecule has 1 aliphatic rings. The number of hydrogen-bond acceptors (Lipinski definition) is 3. The average molecular weight is 345 g/mol. The number of carbonyl (C=O) groups excluding carboxylic acids is 2. The van der Waals surface area contributed by atoms with Crippen molar-refractivity contribution in [1.82, 2.24) is 4.90 Å². The number of benzene rings is 1. The number of likely N-dealkylation sites (N-methyl/N-ethyl adjacent to an activating group) is 1. The molecular formula is C20H31N3O2. The molecule has 0 bridgehead atoms. The highest BCUT2D eigenvalue weighted by Crippen LogP contribution is 2.25. The van der Waals surface area contributed by atoms with Gasteiger partial charge in [0.25, 0.3) is 0 Å². The van der Waals surface area contributed by atoms with E-state index >= 15 is 0 Å². The molecule has 0 radical (unpaired) electrons. The number of amides is 2. The third kappa shape index (κ3) is 4.97. The number of carbonyl (C=O) groups is 2. The quantitative estimate of drug-likeness (QED) is 0.795. The van der Waals surface area contributed by atoms with Crippen LogP contribution < -0.4 is 9.80 Å². The number of hydrogen-bond donors (Lipinski definition) is 0. The second-order valence-corrected chi connectivity index (χ2v) is 6.86. The minimum Gasteiger partial charge on any atom is -0.372 e. The number of rotatable bonds is 6. The Balaban J connectivity index is 2.08. The van der Waals surface area contributed by atoms with Crippen LogP contribution in [0.4, 0.5) is 11.4 Å². The second-order valence-electron chi connectivity index (χ2n) is 6.86. The lowest BCUT2D eigenvalue weighted by Crippen LogP contribution is -2.42. The zero-order valence-corrected chi connectivity index (χ0v) is 16.0. The van der Waals surface area contributed by atoms with Crippen LogP contribution in [0.2, 0.25) is 0 Å². The molecule has 0 N–H and O–H groups in total. The monoisotopic (exact) mass is 345 g/mol. The molecule has 1 saturated heterocycles. The van der Waals surface area contributed by atoms with E-state index in [1.165, 1.54) is 25.5 Å². The molecule has 5 nitrogen and oxygen atoms in total. The highest BCUT2D eigenvalue weighted by atomic mass is 16.2. The lowest BCUT2D eigenvalue weighted by Gasteiger charge is -2.32. The summed E-state index contributed by atoms with van der Waals surface area (Å²) in [5, 5.41) is 0. The van der Waals surface area contributed by atoms with Crippen LogP contribution in [0.15, 0.2) is 24.3 Å². The molecule has 0 saturated carbocycles. The zero-order valence-electron chi connectivity index (χ0n) is 16.0. The van der Waals surface area contributed by atoms with E-state index < -0.39 is 0 Å². The molecule has 0 atom stereocenters. The minimum absolute atomic E-state index is 0.0192. The van der Waals surface area contributed by atoms with Crippen molar-refractivity contribution in [2.75, 3.05) is 42.5 Å². The van der Waals surface area contributed by atoms with Crippen molar-refractivity contribution < 1.29 is 9.59 Å². The van der Waals surface area contributed by atoms with Gasteiger partial charge in [0, 0.05) is 44.5 Å². The maximum absolute atomic E-state index is 12.4. The minimum atomic E-state index is -0.111. The third-order valence-electron chi connectivity index (χ3n) is 5.10. The van der Waals surface area contributed by atoms with Gasteiger partial charge in [-0.1, -0.05) is 6.92 Å². The molecule has 0 aromatic heterocycles. The second kappa shape index (κ2) is 8.88. The van der Waals surface area contributed by atoms with Gasteiger partial charge in [-0.2, -0.15) is 0 Å². The van der Waals surface area contributed by atoms with Crippen LogP contribution in [0.1, 0.15) is 40.5 Å². The van der Waals surface area contributed by atoms with Gasteiger partial charge in [-0.3, -0.25) is 9.59 Å². The summed E-state index contributed by atoms with van der Waals surface area (Å²) < 4.78 is 0. The Morgan fingerprint density at radius 3 is 2.12 bits per heavy atom. The molecule has 25 heavy (non-hydrogen) atoms. The molecule has 2 rings (SSSR count). The first-order chi connectivity index (χ1) is 12.0. The Hall–Kier alpha value is -2.04. The Morgan fingerprint density at radius 2 is 1.64 bits per heavy atom. The van der Waals surface area contributed by atoms with Gasteiger partial charge < -0.3 is 14.7 Å². The van der Waals surface area contributed by atoms with Gasteiger partial charge in [0.1, 0.15) is 6.54 Å². The van der Waals surface area contributed by atoms with E-state index in [-0.39, 0.29) is 18.4 Å². The Bertz CT molecular complexity index is 573. The number of nitrogens with zero attached hydrogens (tertiary/aromatic N) is 3. The molecular weight excluding hydrogens is 314 g/mol. The molecule has 138 valence electrons. The normalized spacial score (nSPS) is 15.1. The van der Waals surface area contributed by atoms with Gasteiger partial charge in [0.2, 0.25) is 11.8 Å². The Morgan fingerprint density at radius 1 is 1.08 bits per heavy atom. The molecule has 5 heteroatoms. The Kier molecular flexibility index (Phi) is 6.85. The summed E-state index contributed by atoms with van der Waals surface area (Å²) in [7, 11) is 0. The predicted octanol–water partition coefficient (Wildman–Crippen LogP) is 3.14. The van der Waals surface area contributed by atoms with Crippen LogP contribution >= 0.6 is 0 Å². The van der Waals surface area contributed by atoms with E-state index in [4.69, 9.17) is 0 Å². The van der Waals surface area contributed by atoms with Crippen LogP contribution in [0, 0.1) is 5.92 Å². The lowest BCUT2D eigenvalue weighted by atomic mass is 9.99. The van der Waals surface area contributed by atoms with Gasteiger partial charge in [-0.15, -0.1) is 0 Å².